The van der Waals surface area contributed by atoms with Crippen molar-refractivity contribution >= 4 is 34.0 Å². The Morgan fingerprint density at radius 1 is 1.42 bits per heavy atom. The van der Waals surface area contributed by atoms with E-state index in [0.29, 0.717) is 15.3 Å². The first kappa shape index (κ1) is 14.8. The van der Waals surface area contributed by atoms with Crippen molar-refractivity contribution in [2.75, 3.05) is 36.8 Å². The summed E-state index contributed by atoms with van der Waals surface area (Å²) in [4.78, 5) is 4.66. The van der Waals surface area contributed by atoms with Gasteiger partial charge >= 0.3 is 0 Å². The number of anilines is 2. The fraction of sp³-hybridized carbons (Fsp3) is 0.571. The molecule has 1 aromatic carbocycles. The number of halogens is 2. The van der Waals surface area contributed by atoms with Crippen molar-refractivity contribution in [2.24, 2.45) is 0 Å². The van der Waals surface area contributed by atoms with Gasteiger partial charge in [0.15, 0.2) is 0 Å². The number of rotatable bonds is 4. The van der Waals surface area contributed by atoms with E-state index in [9.17, 15) is 4.39 Å². The van der Waals surface area contributed by atoms with Crippen LogP contribution in [0.15, 0.2) is 12.1 Å². The van der Waals surface area contributed by atoms with Crippen LogP contribution in [0, 0.1) is 9.39 Å². The highest BCUT2D eigenvalue weighted by atomic mass is 127. The van der Waals surface area contributed by atoms with Crippen molar-refractivity contribution in [1.82, 2.24) is 4.90 Å². The molecule has 1 fully saturated rings. The standard InChI is InChI=1S/C14H21FIN3/c1-3-18(4-2)10-5-6-19(9-10)14-7-11(15)12(16)8-13(14)17/h7-8,10H,3-6,9,17H2,1-2H3. The van der Waals surface area contributed by atoms with Crippen molar-refractivity contribution in [3.63, 3.8) is 0 Å². The minimum Gasteiger partial charge on any atom is -0.397 e. The van der Waals surface area contributed by atoms with Crippen LogP contribution in [0.2, 0.25) is 0 Å². The summed E-state index contributed by atoms with van der Waals surface area (Å²) in [5.74, 6) is -0.184. The van der Waals surface area contributed by atoms with E-state index in [1.54, 1.807) is 12.1 Å². The molecule has 1 unspecified atom stereocenters. The summed E-state index contributed by atoms with van der Waals surface area (Å²) >= 11 is 1.97. The predicted molar refractivity (Wildman–Crippen MR) is 87.1 cm³/mol. The molecule has 0 bridgehead atoms. The van der Waals surface area contributed by atoms with Gasteiger partial charge in [-0.15, -0.1) is 0 Å². The fourth-order valence-electron chi connectivity index (χ4n) is 2.82. The second kappa shape index (κ2) is 6.26. The Hall–Kier alpha value is -0.560. The zero-order valence-electron chi connectivity index (χ0n) is 11.5. The number of hydrogen-bond donors (Lipinski definition) is 1. The molecule has 19 heavy (non-hydrogen) atoms. The molecule has 1 aromatic rings. The molecule has 0 saturated carbocycles. The van der Waals surface area contributed by atoms with Crippen LogP contribution in [0.25, 0.3) is 0 Å². The SMILES string of the molecule is CCN(CC)C1CCN(c2cc(F)c(I)cc2N)C1. The third-order valence-electron chi connectivity index (χ3n) is 3.90. The van der Waals surface area contributed by atoms with E-state index in [4.69, 9.17) is 5.73 Å². The Morgan fingerprint density at radius 2 is 2.11 bits per heavy atom. The molecule has 2 rings (SSSR count). The highest BCUT2D eigenvalue weighted by molar-refractivity contribution is 14.1. The second-order valence-electron chi connectivity index (χ2n) is 4.93. The summed E-state index contributed by atoms with van der Waals surface area (Å²) < 4.78 is 14.3. The molecule has 0 radical (unpaired) electrons. The first-order chi connectivity index (χ1) is 9.06. The van der Waals surface area contributed by atoms with Gasteiger partial charge in [-0.3, -0.25) is 4.90 Å². The van der Waals surface area contributed by atoms with Crippen LogP contribution >= 0.6 is 22.6 Å². The highest BCUT2D eigenvalue weighted by Gasteiger charge is 2.27. The van der Waals surface area contributed by atoms with Crippen LogP contribution in [0.3, 0.4) is 0 Å². The van der Waals surface area contributed by atoms with Gasteiger partial charge in [0.1, 0.15) is 5.82 Å². The molecular formula is C14H21FIN3. The Kier molecular flexibility index (Phi) is 4.89. The van der Waals surface area contributed by atoms with Gasteiger partial charge in [-0.1, -0.05) is 13.8 Å². The van der Waals surface area contributed by atoms with Gasteiger partial charge in [-0.05, 0) is 48.2 Å². The molecule has 5 heteroatoms. The van der Waals surface area contributed by atoms with Gasteiger partial charge in [0.25, 0.3) is 0 Å². The van der Waals surface area contributed by atoms with Gasteiger partial charge in [-0.25, -0.2) is 4.39 Å². The largest absolute Gasteiger partial charge is 0.397 e. The fourth-order valence-corrected chi connectivity index (χ4v) is 3.32. The van der Waals surface area contributed by atoms with E-state index in [1.165, 1.54) is 0 Å². The molecule has 1 heterocycles. The van der Waals surface area contributed by atoms with Gasteiger partial charge in [-0.2, -0.15) is 0 Å². The van der Waals surface area contributed by atoms with Crippen LogP contribution in [-0.2, 0) is 0 Å². The normalized spacial score (nSPS) is 19.4. The van der Waals surface area contributed by atoms with E-state index in [-0.39, 0.29) is 5.82 Å². The molecule has 0 amide bonds. The topological polar surface area (TPSA) is 32.5 Å². The maximum atomic E-state index is 13.7. The monoisotopic (exact) mass is 377 g/mol. The Labute approximate surface area is 128 Å². The van der Waals surface area contributed by atoms with E-state index in [0.717, 1.165) is 38.3 Å². The average molecular weight is 377 g/mol. The quantitative estimate of drug-likeness (QED) is 0.647. The molecule has 1 atom stereocenters. The summed E-state index contributed by atoms with van der Waals surface area (Å²) in [6.07, 6.45) is 1.12. The number of likely N-dealkylation sites (N-methyl/N-ethyl adjacent to an activating group) is 1. The Bertz CT molecular complexity index is 449. The van der Waals surface area contributed by atoms with Crippen LogP contribution in [0.1, 0.15) is 20.3 Å². The van der Waals surface area contributed by atoms with Crippen LogP contribution < -0.4 is 10.6 Å². The predicted octanol–water partition coefficient (Wildman–Crippen LogP) is 2.93. The smallest absolute Gasteiger partial charge is 0.138 e. The third-order valence-corrected chi connectivity index (χ3v) is 4.73. The highest BCUT2D eigenvalue weighted by Crippen LogP contribution is 2.31. The van der Waals surface area contributed by atoms with E-state index < -0.39 is 0 Å². The van der Waals surface area contributed by atoms with E-state index >= 15 is 0 Å². The van der Waals surface area contributed by atoms with Gasteiger partial charge in [0, 0.05) is 25.2 Å². The maximum Gasteiger partial charge on any atom is 0.138 e. The van der Waals surface area contributed by atoms with Crippen molar-refractivity contribution in [2.45, 2.75) is 26.3 Å². The molecule has 3 nitrogen and oxygen atoms in total. The first-order valence-electron chi connectivity index (χ1n) is 6.80. The zero-order valence-corrected chi connectivity index (χ0v) is 13.7. The summed E-state index contributed by atoms with van der Waals surface area (Å²) in [5, 5.41) is 0. The van der Waals surface area contributed by atoms with Crippen LogP contribution in [0.4, 0.5) is 15.8 Å². The maximum absolute atomic E-state index is 13.7. The van der Waals surface area contributed by atoms with Crippen molar-refractivity contribution < 1.29 is 4.39 Å². The molecule has 1 saturated heterocycles. The molecule has 0 spiro atoms. The summed E-state index contributed by atoms with van der Waals surface area (Å²) in [7, 11) is 0. The lowest BCUT2D eigenvalue weighted by molar-refractivity contribution is 0.232. The van der Waals surface area contributed by atoms with Gasteiger partial charge < -0.3 is 10.6 Å². The molecular weight excluding hydrogens is 356 g/mol. The number of nitrogens with zero attached hydrogens (tertiary/aromatic N) is 2. The lowest BCUT2D eigenvalue weighted by Crippen LogP contribution is -2.37. The first-order valence-corrected chi connectivity index (χ1v) is 7.88. The lowest BCUT2D eigenvalue weighted by Gasteiger charge is -2.27. The van der Waals surface area contributed by atoms with E-state index in [1.807, 2.05) is 22.6 Å². The summed E-state index contributed by atoms with van der Waals surface area (Å²) in [6.45, 7) is 8.38. The van der Waals surface area contributed by atoms with Gasteiger partial charge in [0.05, 0.1) is 14.9 Å². The number of hydrogen-bond acceptors (Lipinski definition) is 3. The number of nitrogens with two attached hydrogens (primary N) is 1. The van der Waals surface area contributed by atoms with Crippen molar-refractivity contribution in [3.8, 4) is 0 Å². The molecule has 106 valence electrons. The molecule has 1 aliphatic rings. The summed E-state index contributed by atoms with van der Waals surface area (Å²) in [6, 6.07) is 3.84. The second-order valence-corrected chi connectivity index (χ2v) is 6.10. The Morgan fingerprint density at radius 3 is 2.74 bits per heavy atom. The average Bonchev–Trinajstić information content (AvgIpc) is 2.85. The van der Waals surface area contributed by atoms with Crippen molar-refractivity contribution in [1.29, 1.82) is 0 Å². The molecule has 2 N–H and O–H groups in total. The lowest BCUT2D eigenvalue weighted by atomic mass is 10.2. The summed E-state index contributed by atoms with van der Waals surface area (Å²) in [5.41, 5.74) is 7.54. The third kappa shape index (κ3) is 3.13. The molecule has 0 aliphatic carbocycles. The molecule has 1 aliphatic heterocycles. The van der Waals surface area contributed by atoms with Gasteiger partial charge in [0.2, 0.25) is 0 Å². The number of benzene rings is 1. The van der Waals surface area contributed by atoms with Crippen molar-refractivity contribution in [3.05, 3.63) is 21.5 Å². The zero-order chi connectivity index (χ0) is 14.0. The minimum atomic E-state index is -0.184. The number of nitrogen functional groups attached to an aromatic ring is 1. The van der Waals surface area contributed by atoms with E-state index in [2.05, 4.69) is 23.6 Å². The van der Waals surface area contributed by atoms with Crippen LogP contribution in [0.5, 0.6) is 0 Å². The minimum absolute atomic E-state index is 0.184. The molecule has 0 aromatic heterocycles. The van der Waals surface area contributed by atoms with Crippen LogP contribution in [-0.4, -0.2) is 37.1 Å². The Balaban J connectivity index is 2.15.